The Morgan fingerprint density at radius 3 is 2.79 bits per heavy atom. The van der Waals surface area contributed by atoms with Gasteiger partial charge in [0.1, 0.15) is 15.8 Å². The number of hydrogen-bond donors (Lipinski definition) is 1. The third kappa shape index (κ3) is 3.89. The minimum Gasteiger partial charge on any atom is -0.502 e. The van der Waals surface area contributed by atoms with Gasteiger partial charge in [0.15, 0.2) is 0 Å². The van der Waals surface area contributed by atoms with Crippen molar-refractivity contribution in [3.63, 3.8) is 0 Å². The van der Waals surface area contributed by atoms with E-state index in [9.17, 15) is 0 Å². The lowest BCUT2D eigenvalue weighted by atomic mass is 9.85. The summed E-state index contributed by atoms with van der Waals surface area (Å²) in [6.07, 6.45) is 3.44. The largest absolute Gasteiger partial charge is 0.502 e. The zero-order valence-corrected chi connectivity index (χ0v) is 17.7. The molecule has 1 heterocycles. The van der Waals surface area contributed by atoms with E-state index in [1.807, 2.05) is 39.1 Å². The van der Waals surface area contributed by atoms with Gasteiger partial charge in [0.2, 0.25) is 5.69 Å². The molecule has 0 spiro atoms. The van der Waals surface area contributed by atoms with Crippen LogP contribution in [0.4, 0.5) is 5.69 Å². The maximum atomic E-state index is 7.48. The van der Waals surface area contributed by atoms with Gasteiger partial charge >= 0.3 is 0 Å². The third-order valence-electron chi connectivity index (χ3n) is 5.20. The Bertz CT molecular complexity index is 1070. The second kappa shape index (κ2) is 8.32. The highest BCUT2D eigenvalue weighted by atomic mass is 32.1. The highest BCUT2D eigenvalue weighted by Gasteiger charge is 2.23. The number of aromatic nitrogens is 2. The summed E-state index contributed by atoms with van der Waals surface area (Å²) in [7, 11) is 2.02. The number of nitrogens with one attached hydrogen (secondary N) is 1. The zero-order chi connectivity index (χ0) is 20.4. The van der Waals surface area contributed by atoms with Crippen molar-refractivity contribution < 1.29 is 4.74 Å². The maximum absolute atomic E-state index is 7.48. The molecule has 1 N–H and O–H groups in total. The molecule has 0 fully saturated rings. The zero-order valence-electron chi connectivity index (χ0n) is 16.9. The van der Waals surface area contributed by atoms with Crippen LogP contribution in [0.2, 0.25) is 0 Å². The predicted octanol–water partition coefficient (Wildman–Crippen LogP) is 5.81. The molecule has 0 aliphatic heterocycles. The van der Waals surface area contributed by atoms with E-state index >= 15 is 0 Å². The smallest absolute Gasteiger partial charge is 0.228 e. The number of fused-ring (bicyclic) bond motifs is 1. The van der Waals surface area contributed by atoms with Gasteiger partial charge in [-0.25, -0.2) is 4.85 Å². The molecule has 1 aliphatic carbocycles. The second-order valence-electron chi connectivity index (χ2n) is 7.48. The van der Waals surface area contributed by atoms with Crippen LogP contribution in [0.5, 0.6) is 5.75 Å². The Labute approximate surface area is 175 Å². The number of hydrogen-bond acceptors (Lipinski definition) is 5. The normalized spacial score (nSPS) is 15.8. The average Bonchev–Trinajstić information content (AvgIpc) is 3.22. The van der Waals surface area contributed by atoms with Crippen LogP contribution in [-0.4, -0.2) is 23.3 Å². The minimum absolute atomic E-state index is 0.0279. The maximum Gasteiger partial charge on any atom is 0.228 e. The third-order valence-corrected chi connectivity index (χ3v) is 6.21. The average molecular weight is 405 g/mol. The van der Waals surface area contributed by atoms with E-state index in [4.69, 9.17) is 11.3 Å². The molecule has 1 aliphatic rings. The minimum atomic E-state index is 0.0279. The van der Waals surface area contributed by atoms with Gasteiger partial charge in [-0.15, -0.1) is 10.2 Å². The van der Waals surface area contributed by atoms with E-state index in [1.165, 1.54) is 29.5 Å². The van der Waals surface area contributed by atoms with Gasteiger partial charge < -0.3 is 10.1 Å². The molecule has 0 bridgehead atoms. The number of benzene rings is 2. The van der Waals surface area contributed by atoms with Crippen LogP contribution < -0.4 is 10.1 Å². The molecule has 0 radical (unpaired) electrons. The lowest BCUT2D eigenvalue weighted by Gasteiger charge is -2.26. The summed E-state index contributed by atoms with van der Waals surface area (Å²) in [4.78, 5) is 3.62. The lowest BCUT2D eigenvalue weighted by molar-refractivity contribution is 0.244. The summed E-state index contributed by atoms with van der Waals surface area (Å²) in [6, 6.07) is 12.5. The molecule has 29 heavy (non-hydrogen) atoms. The van der Waals surface area contributed by atoms with Crippen molar-refractivity contribution in [1.82, 2.24) is 15.5 Å². The molecular weight excluding hydrogens is 380 g/mol. The number of ether oxygens (including phenoxy) is 1. The molecule has 0 saturated heterocycles. The molecule has 1 atom stereocenters. The van der Waals surface area contributed by atoms with E-state index < -0.39 is 0 Å². The summed E-state index contributed by atoms with van der Waals surface area (Å²) in [5, 5.41) is 14.1. The van der Waals surface area contributed by atoms with Gasteiger partial charge in [-0.3, -0.25) is 0 Å². The Kier molecular flexibility index (Phi) is 5.61. The van der Waals surface area contributed by atoms with Crippen LogP contribution >= 0.6 is 11.3 Å². The van der Waals surface area contributed by atoms with Crippen LogP contribution in [0.1, 0.15) is 43.9 Å². The van der Waals surface area contributed by atoms with Crippen LogP contribution in [0, 0.1) is 6.57 Å². The fraction of sp³-hybridized carbons (Fsp3) is 0.348. The van der Waals surface area contributed by atoms with Gasteiger partial charge in [-0.05, 0) is 63.4 Å². The second-order valence-corrected chi connectivity index (χ2v) is 8.46. The fourth-order valence-corrected chi connectivity index (χ4v) is 4.78. The molecule has 6 heteroatoms. The predicted molar refractivity (Wildman–Crippen MR) is 118 cm³/mol. The molecule has 0 amide bonds. The van der Waals surface area contributed by atoms with E-state index in [1.54, 1.807) is 11.3 Å². The SMILES string of the molecule is [C-]#[N+]c1cc(-c2nnc(-c3cccc4c3CCC[C@@H]4NC)s2)ccc1OC(C)C. The molecule has 148 valence electrons. The summed E-state index contributed by atoms with van der Waals surface area (Å²) in [5.41, 5.74) is 5.33. The summed E-state index contributed by atoms with van der Waals surface area (Å²) < 4.78 is 5.73. The van der Waals surface area contributed by atoms with E-state index in [0.29, 0.717) is 17.5 Å². The van der Waals surface area contributed by atoms with Gasteiger partial charge in [0.05, 0.1) is 12.7 Å². The van der Waals surface area contributed by atoms with Gasteiger partial charge in [-0.1, -0.05) is 35.6 Å². The molecule has 3 aromatic rings. The highest BCUT2D eigenvalue weighted by molar-refractivity contribution is 7.17. The highest BCUT2D eigenvalue weighted by Crippen LogP contribution is 2.40. The van der Waals surface area contributed by atoms with Crippen molar-refractivity contribution >= 4 is 17.0 Å². The van der Waals surface area contributed by atoms with Gasteiger partial charge in [-0.2, -0.15) is 0 Å². The molecular formula is C23H24N4OS. The van der Waals surface area contributed by atoms with E-state index in [2.05, 4.69) is 38.6 Å². The lowest BCUT2D eigenvalue weighted by Crippen LogP contribution is -2.21. The number of nitrogens with zero attached hydrogens (tertiary/aromatic N) is 3. The standard InChI is InChI=1S/C23H24N4OS/c1-14(2)28-21-12-11-15(13-20(21)25-4)22-26-27-23(29-22)18-9-5-8-17-16(18)7-6-10-19(17)24-3/h5,8-9,11-14,19,24H,6-7,10H2,1-3H3/t19-/m0/s1. The van der Waals surface area contributed by atoms with Crippen molar-refractivity contribution in [3.05, 3.63) is 58.9 Å². The van der Waals surface area contributed by atoms with Crippen molar-refractivity contribution in [2.75, 3.05) is 7.05 Å². The van der Waals surface area contributed by atoms with Crippen molar-refractivity contribution in [3.8, 4) is 26.9 Å². The first-order chi connectivity index (χ1) is 14.1. The van der Waals surface area contributed by atoms with Crippen LogP contribution in [0.3, 0.4) is 0 Å². The quantitative estimate of drug-likeness (QED) is 0.546. The molecule has 0 unspecified atom stereocenters. The first-order valence-corrected chi connectivity index (χ1v) is 10.7. The van der Waals surface area contributed by atoms with Crippen molar-refractivity contribution in [1.29, 1.82) is 0 Å². The number of rotatable bonds is 5. The summed E-state index contributed by atoms with van der Waals surface area (Å²) in [6.45, 7) is 11.4. The monoisotopic (exact) mass is 404 g/mol. The molecule has 4 rings (SSSR count). The van der Waals surface area contributed by atoms with Crippen LogP contribution in [0.25, 0.3) is 26.0 Å². The topological polar surface area (TPSA) is 51.4 Å². The van der Waals surface area contributed by atoms with Gasteiger partial charge in [0, 0.05) is 17.2 Å². The van der Waals surface area contributed by atoms with Gasteiger partial charge in [0.25, 0.3) is 0 Å². The Balaban J connectivity index is 1.69. The van der Waals surface area contributed by atoms with E-state index in [0.717, 1.165) is 22.0 Å². The summed E-state index contributed by atoms with van der Waals surface area (Å²) in [5.74, 6) is 0.610. The van der Waals surface area contributed by atoms with Crippen molar-refractivity contribution in [2.24, 2.45) is 0 Å². The van der Waals surface area contributed by atoms with Crippen molar-refractivity contribution in [2.45, 2.75) is 45.3 Å². The first-order valence-electron chi connectivity index (χ1n) is 9.92. The van der Waals surface area contributed by atoms with Crippen LogP contribution in [0.15, 0.2) is 36.4 Å². The van der Waals surface area contributed by atoms with E-state index in [-0.39, 0.29) is 6.10 Å². The first kappa shape index (κ1) is 19.6. The Morgan fingerprint density at radius 1 is 1.21 bits per heavy atom. The Hall–Kier alpha value is -2.75. The fourth-order valence-electron chi connectivity index (χ4n) is 3.89. The molecule has 0 saturated carbocycles. The molecule has 2 aromatic carbocycles. The van der Waals surface area contributed by atoms with Crippen LogP contribution in [-0.2, 0) is 6.42 Å². The molecule has 1 aromatic heterocycles. The Morgan fingerprint density at radius 2 is 2.03 bits per heavy atom. The molecule has 5 nitrogen and oxygen atoms in total. The summed E-state index contributed by atoms with van der Waals surface area (Å²) >= 11 is 1.57.